The van der Waals surface area contributed by atoms with Crippen LogP contribution in [0.25, 0.3) is 22.2 Å². The Bertz CT molecular complexity index is 830. The largest absolute Gasteiger partial charge is 0.399 e. The van der Waals surface area contributed by atoms with Gasteiger partial charge >= 0.3 is 0 Å². The number of rotatable bonds is 2. The molecule has 0 unspecified atom stereocenters. The standard InChI is InChI=1S/C17H19ClN4/c1-17(2,3)10-22-14-8-7-13(15(18)16(14)20-21-22)11-5-4-6-12(19)9-11/h4-9H,10,19H2,1-3H3. The van der Waals surface area contributed by atoms with Crippen LogP contribution >= 0.6 is 11.6 Å². The number of fused-ring (bicyclic) bond motifs is 1. The number of nitrogens with two attached hydrogens (primary N) is 1. The molecule has 1 heterocycles. The quantitative estimate of drug-likeness (QED) is 0.714. The van der Waals surface area contributed by atoms with Crippen molar-refractivity contribution in [3.8, 4) is 11.1 Å². The topological polar surface area (TPSA) is 56.7 Å². The molecular weight excluding hydrogens is 296 g/mol. The van der Waals surface area contributed by atoms with E-state index in [1.807, 2.05) is 41.1 Å². The number of nitrogens with zero attached hydrogens (tertiary/aromatic N) is 3. The van der Waals surface area contributed by atoms with E-state index in [4.69, 9.17) is 17.3 Å². The summed E-state index contributed by atoms with van der Waals surface area (Å²) in [4.78, 5) is 0. The van der Waals surface area contributed by atoms with Crippen molar-refractivity contribution in [1.82, 2.24) is 15.0 Å². The summed E-state index contributed by atoms with van der Waals surface area (Å²) in [5, 5.41) is 9.13. The number of hydrogen-bond donors (Lipinski definition) is 1. The fourth-order valence-corrected chi connectivity index (χ4v) is 2.81. The van der Waals surface area contributed by atoms with Gasteiger partial charge in [-0.2, -0.15) is 0 Å². The van der Waals surface area contributed by atoms with Crippen molar-refractivity contribution in [2.45, 2.75) is 27.3 Å². The van der Waals surface area contributed by atoms with Crippen LogP contribution in [0.1, 0.15) is 20.8 Å². The first-order valence-corrected chi connectivity index (χ1v) is 7.60. The molecule has 0 aliphatic rings. The van der Waals surface area contributed by atoms with Gasteiger partial charge in [0.15, 0.2) is 0 Å². The molecule has 0 saturated carbocycles. The molecule has 0 bridgehead atoms. The van der Waals surface area contributed by atoms with Gasteiger partial charge in [-0.05, 0) is 29.2 Å². The number of halogens is 1. The van der Waals surface area contributed by atoms with Gasteiger partial charge in [-0.25, -0.2) is 4.68 Å². The summed E-state index contributed by atoms with van der Waals surface area (Å²) >= 11 is 6.56. The highest BCUT2D eigenvalue weighted by atomic mass is 35.5. The Morgan fingerprint density at radius 1 is 1.18 bits per heavy atom. The molecule has 114 valence electrons. The Balaban J connectivity index is 2.11. The Hall–Kier alpha value is -2.07. The van der Waals surface area contributed by atoms with Gasteiger partial charge < -0.3 is 5.73 Å². The number of benzene rings is 2. The van der Waals surface area contributed by atoms with Crippen LogP contribution in [0.15, 0.2) is 36.4 Å². The maximum absolute atomic E-state index is 6.56. The van der Waals surface area contributed by atoms with E-state index in [1.54, 1.807) is 0 Å². The van der Waals surface area contributed by atoms with Gasteiger partial charge in [-0.15, -0.1) is 5.10 Å². The zero-order chi connectivity index (χ0) is 15.9. The second kappa shape index (κ2) is 5.29. The van der Waals surface area contributed by atoms with Crippen LogP contribution in [0.5, 0.6) is 0 Å². The zero-order valence-corrected chi connectivity index (χ0v) is 13.7. The lowest BCUT2D eigenvalue weighted by Gasteiger charge is -2.18. The second-order valence-corrected chi connectivity index (χ2v) is 7.11. The summed E-state index contributed by atoms with van der Waals surface area (Å²) in [6, 6.07) is 11.7. The van der Waals surface area contributed by atoms with E-state index < -0.39 is 0 Å². The third kappa shape index (κ3) is 2.79. The SMILES string of the molecule is CC(C)(C)Cn1nnc2c(Cl)c(-c3cccc(N)c3)ccc21. The molecule has 4 nitrogen and oxygen atoms in total. The van der Waals surface area contributed by atoms with E-state index in [9.17, 15) is 0 Å². The molecule has 0 saturated heterocycles. The minimum absolute atomic E-state index is 0.125. The third-order valence-electron chi connectivity index (χ3n) is 3.45. The highest BCUT2D eigenvalue weighted by molar-refractivity contribution is 6.37. The second-order valence-electron chi connectivity index (χ2n) is 6.73. The van der Waals surface area contributed by atoms with Crippen LogP contribution in [0, 0.1) is 5.41 Å². The van der Waals surface area contributed by atoms with Crippen LogP contribution in [0.4, 0.5) is 5.69 Å². The molecule has 0 fully saturated rings. The first kappa shape index (κ1) is 14.9. The van der Waals surface area contributed by atoms with Crippen molar-refractivity contribution >= 4 is 28.3 Å². The Morgan fingerprint density at radius 2 is 1.95 bits per heavy atom. The number of hydrogen-bond acceptors (Lipinski definition) is 3. The number of nitrogen functional groups attached to an aromatic ring is 1. The summed E-state index contributed by atoms with van der Waals surface area (Å²) in [5.41, 5.74) is 10.3. The average molecular weight is 315 g/mol. The normalized spacial score (nSPS) is 12.0. The van der Waals surface area contributed by atoms with E-state index >= 15 is 0 Å². The predicted octanol–water partition coefficient (Wildman–Crippen LogP) is 4.38. The fraction of sp³-hybridized carbons (Fsp3) is 0.294. The molecular formula is C17H19ClN4. The lowest BCUT2D eigenvalue weighted by molar-refractivity contribution is 0.327. The van der Waals surface area contributed by atoms with Gasteiger partial charge in [0.25, 0.3) is 0 Å². The van der Waals surface area contributed by atoms with E-state index in [-0.39, 0.29) is 5.41 Å². The average Bonchev–Trinajstić information content (AvgIpc) is 2.81. The molecule has 0 radical (unpaired) electrons. The Labute approximate surface area is 134 Å². The summed E-state index contributed by atoms with van der Waals surface area (Å²) in [5.74, 6) is 0. The maximum Gasteiger partial charge on any atom is 0.132 e. The van der Waals surface area contributed by atoms with E-state index in [0.29, 0.717) is 10.7 Å². The molecule has 2 aromatic carbocycles. The summed E-state index contributed by atoms with van der Waals surface area (Å²) in [6.45, 7) is 7.30. The third-order valence-corrected chi connectivity index (χ3v) is 3.83. The Kier molecular flexibility index (Phi) is 3.57. The highest BCUT2D eigenvalue weighted by Gasteiger charge is 2.17. The van der Waals surface area contributed by atoms with Crippen molar-refractivity contribution in [3.05, 3.63) is 41.4 Å². The zero-order valence-electron chi connectivity index (χ0n) is 13.0. The molecule has 1 aromatic heterocycles. The molecule has 22 heavy (non-hydrogen) atoms. The van der Waals surface area contributed by atoms with E-state index in [2.05, 4.69) is 31.1 Å². The molecule has 0 atom stereocenters. The lowest BCUT2D eigenvalue weighted by atomic mass is 9.97. The number of aromatic nitrogens is 3. The lowest BCUT2D eigenvalue weighted by Crippen LogP contribution is -2.16. The van der Waals surface area contributed by atoms with Crippen molar-refractivity contribution in [1.29, 1.82) is 0 Å². The summed E-state index contributed by atoms with van der Waals surface area (Å²) < 4.78 is 1.91. The maximum atomic E-state index is 6.56. The van der Waals surface area contributed by atoms with Gasteiger partial charge in [0.2, 0.25) is 0 Å². The molecule has 3 aromatic rings. The van der Waals surface area contributed by atoms with Crippen LogP contribution in [0.2, 0.25) is 5.02 Å². The molecule has 0 amide bonds. The molecule has 5 heteroatoms. The van der Waals surface area contributed by atoms with Crippen molar-refractivity contribution in [2.75, 3.05) is 5.73 Å². The smallest absolute Gasteiger partial charge is 0.132 e. The fourth-order valence-electron chi connectivity index (χ4n) is 2.50. The minimum Gasteiger partial charge on any atom is -0.399 e. The van der Waals surface area contributed by atoms with Crippen LogP contribution in [-0.2, 0) is 6.54 Å². The highest BCUT2D eigenvalue weighted by Crippen LogP contribution is 2.34. The van der Waals surface area contributed by atoms with Crippen LogP contribution in [-0.4, -0.2) is 15.0 Å². The van der Waals surface area contributed by atoms with Crippen molar-refractivity contribution in [2.24, 2.45) is 5.41 Å². The van der Waals surface area contributed by atoms with E-state index in [1.165, 1.54) is 0 Å². The van der Waals surface area contributed by atoms with Crippen molar-refractivity contribution < 1.29 is 0 Å². The van der Waals surface area contributed by atoms with Gasteiger partial charge in [-0.3, -0.25) is 0 Å². The van der Waals surface area contributed by atoms with E-state index in [0.717, 1.165) is 28.7 Å². The summed E-state index contributed by atoms with van der Waals surface area (Å²) in [7, 11) is 0. The van der Waals surface area contributed by atoms with Crippen molar-refractivity contribution in [3.63, 3.8) is 0 Å². The molecule has 0 spiro atoms. The Morgan fingerprint density at radius 3 is 2.64 bits per heavy atom. The minimum atomic E-state index is 0.125. The van der Waals surface area contributed by atoms with Gasteiger partial charge in [-0.1, -0.05) is 55.8 Å². The molecule has 0 aliphatic heterocycles. The first-order chi connectivity index (χ1) is 10.3. The monoisotopic (exact) mass is 314 g/mol. The van der Waals surface area contributed by atoms with Crippen LogP contribution < -0.4 is 5.73 Å². The molecule has 2 N–H and O–H groups in total. The number of anilines is 1. The van der Waals surface area contributed by atoms with Gasteiger partial charge in [0.1, 0.15) is 5.52 Å². The van der Waals surface area contributed by atoms with Gasteiger partial charge in [0.05, 0.1) is 10.5 Å². The predicted molar refractivity (Wildman–Crippen MR) is 91.8 cm³/mol. The molecule has 3 rings (SSSR count). The molecule has 0 aliphatic carbocycles. The summed E-state index contributed by atoms with van der Waals surface area (Å²) in [6.07, 6.45) is 0. The van der Waals surface area contributed by atoms with Gasteiger partial charge in [0, 0.05) is 17.8 Å². The first-order valence-electron chi connectivity index (χ1n) is 7.23. The van der Waals surface area contributed by atoms with Crippen LogP contribution in [0.3, 0.4) is 0 Å².